The average molecular weight is 351 g/mol. The van der Waals surface area contributed by atoms with Gasteiger partial charge in [0.2, 0.25) is 5.91 Å². The first-order valence-corrected chi connectivity index (χ1v) is 8.10. The molecule has 0 aliphatic carbocycles. The van der Waals surface area contributed by atoms with Gasteiger partial charge >= 0.3 is 0 Å². The fourth-order valence-electron chi connectivity index (χ4n) is 2.72. The first kappa shape index (κ1) is 16.0. The summed E-state index contributed by atoms with van der Waals surface area (Å²) < 4.78 is 0. The van der Waals surface area contributed by atoms with Gasteiger partial charge in [0.1, 0.15) is 6.33 Å². The number of aromatic nitrogens is 2. The molecule has 0 unspecified atom stereocenters. The second-order valence-corrected chi connectivity index (χ2v) is 6.36. The van der Waals surface area contributed by atoms with Crippen molar-refractivity contribution >= 4 is 34.8 Å². The summed E-state index contributed by atoms with van der Waals surface area (Å²) in [6.45, 7) is 1.58. The topological polar surface area (TPSA) is 58.1 Å². The quantitative estimate of drug-likeness (QED) is 0.920. The van der Waals surface area contributed by atoms with Gasteiger partial charge < -0.3 is 10.2 Å². The van der Waals surface area contributed by atoms with Crippen LogP contribution < -0.4 is 10.2 Å². The summed E-state index contributed by atoms with van der Waals surface area (Å²) in [6.07, 6.45) is 5.93. The molecule has 0 bridgehead atoms. The molecule has 2 heterocycles. The number of hydrogen-bond acceptors (Lipinski definition) is 4. The minimum absolute atomic E-state index is 0.0196. The largest absolute Gasteiger partial charge is 0.368 e. The number of anilines is 1. The first-order valence-electron chi connectivity index (χ1n) is 7.35. The third-order valence-electron chi connectivity index (χ3n) is 3.78. The molecule has 1 aromatic heterocycles. The van der Waals surface area contributed by atoms with Gasteiger partial charge in [-0.1, -0.05) is 23.2 Å². The molecule has 23 heavy (non-hydrogen) atoms. The zero-order valence-electron chi connectivity index (χ0n) is 12.4. The van der Waals surface area contributed by atoms with Crippen LogP contribution in [0.15, 0.2) is 36.9 Å². The molecule has 0 spiro atoms. The molecule has 0 saturated carbocycles. The predicted molar refractivity (Wildman–Crippen MR) is 91.0 cm³/mol. The van der Waals surface area contributed by atoms with Crippen LogP contribution in [-0.4, -0.2) is 35.0 Å². The Balaban J connectivity index is 1.56. The second kappa shape index (κ2) is 7.15. The number of hydrogen-bond donors (Lipinski definition) is 1. The lowest BCUT2D eigenvalue weighted by Crippen LogP contribution is -2.38. The lowest BCUT2D eigenvalue weighted by Gasteiger charge is -2.20. The van der Waals surface area contributed by atoms with E-state index in [0.29, 0.717) is 16.5 Å². The number of carbonyl (C=O) groups is 1. The van der Waals surface area contributed by atoms with E-state index >= 15 is 0 Å². The van der Waals surface area contributed by atoms with Crippen LogP contribution in [0.25, 0.3) is 0 Å². The molecule has 2 aromatic rings. The van der Waals surface area contributed by atoms with Crippen LogP contribution in [0.4, 0.5) is 5.69 Å². The zero-order chi connectivity index (χ0) is 16.2. The fraction of sp³-hybridized carbons (Fsp3) is 0.312. The monoisotopic (exact) mass is 350 g/mol. The van der Waals surface area contributed by atoms with Gasteiger partial charge in [-0.15, -0.1) is 0 Å². The van der Waals surface area contributed by atoms with Gasteiger partial charge in [-0.3, -0.25) is 4.79 Å². The van der Waals surface area contributed by atoms with E-state index in [-0.39, 0.29) is 11.9 Å². The molecule has 0 radical (unpaired) electrons. The summed E-state index contributed by atoms with van der Waals surface area (Å²) in [6, 6.07) is 5.58. The molecule has 7 heteroatoms. The number of nitrogens with one attached hydrogen (secondary N) is 1. The van der Waals surface area contributed by atoms with Crippen LogP contribution >= 0.6 is 23.2 Å². The summed E-state index contributed by atoms with van der Waals surface area (Å²) >= 11 is 12.2. The molecule has 120 valence electrons. The smallest absolute Gasteiger partial charge is 0.224 e. The van der Waals surface area contributed by atoms with Gasteiger partial charge in [-0.25, -0.2) is 9.97 Å². The molecular weight excluding hydrogens is 335 g/mol. The number of amides is 1. The van der Waals surface area contributed by atoms with Crippen molar-refractivity contribution < 1.29 is 4.79 Å². The lowest BCUT2D eigenvalue weighted by molar-refractivity contribution is -0.121. The van der Waals surface area contributed by atoms with Crippen molar-refractivity contribution in [1.82, 2.24) is 15.3 Å². The van der Waals surface area contributed by atoms with Crippen LogP contribution in [0, 0.1) is 0 Å². The van der Waals surface area contributed by atoms with E-state index in [2.05, 4.69) is 20.2 Å². The molecule has 1 aromatic carbocycles. The second-order valence-electron chi connectivity index (χ2n) is 5.52. The van der Waals surface area contributed by atoms with Crippen molar-refractivity contribution in [3.8, 4) is 0 Å². The van der Waals surface area contributed by atoms with Gasteiger partial charge in [-0.05, 0) is 30.2 Å². The third-order valence-corrected chi connectivity index (χ3v) is 4.32. The number of rotatable bonds is 4. The van der Waals surface area contributed by atoms with E-state index in [4.69, 9.17) is 23.2 Å². The van der Waals surface area contributed by atoms with Gasteiger partial charge in [-0.2, -0.15) is 0 Å². The summed E-state index contributed by atoms with van der Waals surface area (Å²) in [5, 5.41) is 4.30. The number of nitrogens with zero attached hydrogens (tertiary/aromatic N) is 3. The summed E-state index contributed by atoms with van der Waals surface area (Å²) in [5.74, 6) is -0.0196. The highest BCUT2D eigenvalue weighted by Crippen LogP contribution is 2.31. The SMILES string of the molecule is O=C(Cc1cncnc1)N[C@H]1CCN(c2ccc(Cl)cc2Cl)C1. The van der Waals surface area contributed by atoms with E-state index in [1.54, 1.807) is 18.5 Å². The Kier molecular flexibility index (Phi) is 4.98. The molecule has 1 aliphatic heterocycles. The van der Waals surface area contributed by atoms with Gasteiger partial charge in [0.25, 0.3) is 0 Å². The van der Waals surface area contributed by atoms with Crippen molar-refractivity contribution in [2.45, 2.75) is 18.9 Å². The molecule has 3 rings (SSSR count). The third kappa shape index (κ3) is 4.12. The molecule has 1 N–H and O–H groups in total. The number of benzene rings is 1. The van der Waals surface area contributed by atoms with Gasteiger partial charge in [0.15, 0.2) is 0 Å². The average Bonchev–Trinajstić information content (AvgIpc) is 2.96. The van der Waals surface area contributed by atoms with E-state index < -0.39 is 0 Å². The normalized spacial score (nSPS) is 17.3. The van der Waals surface area contributed by atoms with Crippen LogP contribution in [0.5, 0.6) is 0 Å². The molecule has 1 aliphatic rings. The maximum absolute atomic E-state index is 12.1. The first-order chi connectivity index (χ1) is 11.1. The van der Waals surface area contributed by atoms with E-state index in [9.17, 15) is 4.79 Å². The maximum atomic E-state index is 12.1. The Morgan fingerprint density at radius 2 is 2.09 bits per heavy atom. The highest BCUT2D eigenvalue weighted by molar-refractivity contribution is 6.36. The molecule has 1 fully saturated rings. The Bertz CT molecular complexity index is 696. The Hall–Kier alpha value is -1.85. The van der Waals surface area contributed by atoms with Crippen LogP contribution in [0.1, 0.15) is 12.0 Å². The summed E-state index contributed by atoms with van der Waals surface area (Å²) in [4.78, 5) is 22.1. The Morgan fingerprint density at radius 1 is 1.30 bits per heavy atom. The highest BCUT2D eigenvalue weighted by Gasteiger charge is 2.25. The fourth-order valence-corrected chi connectivity index (χ4v) is 3.25. The van der Waals surface area contributed by atoms with Gasteiger partial charge in [0.05, 0.1) is 17.1 Å². The van der Waals surface area contributed by atoms with E-state index in [1.807, 2.05) is 12.1 Å². The van der Waals surface area contributed by atoms with Crippen molar-refractivity contribution in [2.24, 2.45) is 0 Å². The Labute approximate surface area is 144 Å². The number of halogens is 2. The van der Waals surface area contributed by atoms with E-state index in [0.717, 1.165) is 30.8 Å². The van der Waals surface area contributed by atoms with E-state index in [1.165, 1.54) is 6.33 Å². The van der Waals surface area contributed by atoms with Crippen LogP contribution in [0.2, 0.25) is 10.0 Å². The summed E-state index contributed by atoms with van der Waals surface area (Å²) in [7, 11) is 0. The molecule has 1 amide bonds. The lowest BCUT2D eigenvalue weighted by atomic mass is 10.2. The minimum atomic E-state index is -0.0196. The summed E-state index contributed by atoms with van der Waals surface area (Å²) in [5.41, 5.74) is 1.75. The standard InChI is InChI=1S/C16H16Cl2N4O/c17-12-1-2-15(14(18)6-12)22-4-3-13(9-22)21-16(23)5-11-7-19-10-20-8-11/h1-2,6-8,10,13H,3-5,9H2,(H,21,23)/t13-/m0/s1. The van der Waals surface area contributed by atoms with Crippen LogP contribution in [0.3, 0.4) is 0 Å². The van der Waals surface area contributed by atoms with Crippen LogP contribution in [-0.2, 0) is 11.2 Å². The Morgan fingerprint density at radius 3 is 2.83 bits per heavy atom. The van der Waals surface area contributed by atoms with Crippen molar-refractivity contribution in [3.05, 3.63) is 52.5 Å². The van der Waals surface area contributed by atoms with Crippen molar-refractivity contribution in [1.29, 1.82) is 0 Å². The predicted octanol–water partition coefficient (Wildman–Crippen LogP) is 2.72. The molecule has 5 nitrogen and oxygen atoms in total. The minimum Gasteiger partial charge on any atom is -0.368 e. The number of carbonyl (C=O) groups excluding carboxylic acids is 1. The van der Waals surface area contributed by atoms with Crippen molar-refractivity contribution in [3.63, 3.8) is 0 Å². The zero-order valence-corrected chi connectivity index (χ0v) is 13.9. The highest BCUT2D eigenvalue weighted by atomic mass is 35.5. The molecule has 1 atom stereocenters. The maximum Gasteiger partial charge on any atom is 0.224 e. The molecule has 1 saturated heterocycles. The van der Waals surface area contributed by atoms with Crippen molar-refractivity contribution in [2.75, 3.05) is 18.0 Å². The van der Waals surface area contributed by atoms with Gasteiger partial charge in [0, 0.05) is 36.5 Å². The molecular formula is C16H16Cl2N4O.